The van der Waals surface area contributed by atoms with Crippen LogP contribution >= 0.6 is 11.6 Å². The average Bonchev–Trinajstić information content (AvgIpc) is 2.54. The van der Waals surface area contributed by atoms with Crippen molar-refractivity contribution in [3.63, 3.8) is 0 Å². The second-order valence-corrected chi connectivity index (χ2v) is 7.01. The summed E-state index contributed by atoms with van der Waals surface area (Å²) in [5.74, 6) is -1.04. The highest BCUT2D eigenvalue weighted by Crippen LogP contribution is 2.36. The van der Waals surface area contributed by atoms with Crippen LogP contribution in [0.5, 0.6) is 0 Å². The fourth-order valence-corrected chi connectivity index (χ4v) is 3.20. The SMILES string of the molecule is CC(C)CC(C)(C#N)c1nc(-c2ccccc2F)c(Cl)cc1C(N)=O. The van der Waals surface area contributed by atoms with Crippen molar-refractivity contribution < 1.29 is 9.18 Å². The molecule has 1 aromatic carbocycles. The first-order valence-electron chi connectivity index (χ1n) is 7.86. The van der Waals surface area contributed by atoms with E-state index >= 15 is 0 Å². The maximum absolute atomic E-state index is 14.2. The van der Waals surface area contributed by atoms with E-state index in [9.17, 15) is 14.4 Å². The normalized spacial score (nSPS) is 13.3. The molecule has 2 aromatic rings. The number of carbonyl (C=O) groups excluding carboxylic acids is 1. The van der Waals surface area contributed by atoms with Gasteiger partial charge in [0.2, 0.25) is 0 Å². The van der Waals surface area contributed by atoms with E-state index in [0.29, 0.717) is 6.42 Å². The topological polar surface area (TPSA) is 79.8 Å². The Labute approximate surface area is 151 Å². The van der Waals surface area contributed by atoms with Gasteiger partial charge in [-0.2, -0.15) is 5.26 Å². The van der Waals surface area contributed by atoms with Gasteiger partial charge in [0.15, 0.2) is 0 Å². The van der Waals surface area contributed by atoms with E-state index in [-0.39, 0.29) is 33.5 Å². The van der Waals surface area contributed by atoms with Gasteiger partial charge in [-0.25, -0.2) is 9.37 Å². The highest BCUT2D eigenvalue weighted by molar-refractivity contribution is 6.33. The van der Waals surface area contributed by atoms with Gasteiger partial charge in [0, 0.05) is 5.56 Å². The molecule has 6 heteroatoms. The molecule has 4 nitrogen and oxygen atoms in total. The highest BCUT2D eigenvalue weighted by Gasteiger charge is 2.34. The zero-order valence-corrected chi connectivity index (χ0v) is 15.1. The molecule has 1 unspecified atom stereocenters. The summed E-state index contributed by atoms with van der Waals surface area (Å²) in [6, 6.07) is 9.66. The Morgan fingerprint density at radius 2 is 2.08 bits per heavy atom. The van der Waals surface area contributed by atoms with Gasteiger partial charge in [-0.1, -0.05) is 37.6 Å². The maximum Gasteiger partial charge on any atom is 0.250 e. The van der Waals surface area contributed by atoms with Crippen molar-refractivity contribution in [2.24, 2.45) is 11.7 Å². The number of rotatable bonds is 5. The fourth-order valence-electron chi connectivity index (χ4n) is 2.95. The van der Waals surface area contributed by atoms with E-state index in [0.717, 1.165) is 0 Å². The monoisotopic (exact) mass is 359 g/mol. The summed E-state index contributed by atoms with van der Waals surface area (Å²) < 4.78 is 14.2. The molecule has 0 saturated carbocycles. The molecule has 1 heterocycles. The number of hydrogen-bond acceptors (Lipinski definition) is 3. The van der Waals surface area contributed by atoms with Gasteiger partial charge in [0.25, 0.3) is 5.91 Å². The number of hydrogen-bond donors (Lipinski definition) is 1. The first kappa shape index (κ1) is 18.9. The van der Waals surface area contributed by atoms with Crippen LogP contribution in [-0.4, -0.2) is 10.9 Å². The Hall–Kier alpha value is -2.45. The van der Waals surface area contributed by atoms with Crippen LogP contribution in [0.1, 0.15) is 43.2 Å². The zero-order chi connectivity index (χ0) is 18.8. The second kappa shape index (κ2) is 7.20. The summed E-state index contributed by atoms with van der Waals surface area (Å²) in [7, 11) is 0. The summed E-state index contributed by atoms with van der Waals surface area (Å²) >= 11 is 6.23. The van der Waals surface area contributed by atoms with Gasteiger partial charge < -0.3 is 5.73 Å². The number of halogens is 2. The molecule has 0 saturated heterocycles. The number of aromatic nitrogens is 1. The number of primary amides is 1. The number of carbonyl (C=O) groups is 1. The first-order chi connectivity index (χ1) is 11.7. The van der Waals surface area contributed by atoms with Crippen LogP contribution < -0.4 is 5.73 Å². The summed E-state index contributed by atoms with van der Waals surface area (Å²) in [6.07, 6.45) is 0.467. The maximum atomic E-state index is 14.2. The minimum absolute atomic E-state index is 0.0785. The van der Waals surface area contributed by atoms with Gasteiger partial charge >= 0.3 is 0 Å². The minimum Gasteiger partial charge on any atom is -0.366 e. The van der Waals surface area contributed by atoms with Gasteiger partial charge in [0.1, 0.15) is 5.82 Å². The second-order valence-electron chi connectivity index (χ2n) is 6.60. The number of pyridine rings is 1. The van der Waals surface area contributed by atoms with Crippen LogP contribution in [0.2, 0.25) is 5.02 Å². The smallest absolute Gasteiger partial charge is 0.250 e. The van der Waals surface area contributed by atoms with Gasteiger partial charge in [-0.05, 0) is 37.5 Å². The number of nitriles is 1. The highest BCUT2D eigenvalue weighted by atomic mass is 35.5. The molecule has 130 valence electrons. The summed E-state index contributed by atoms with van der Waals surface area (Å²) in [4.78, 5) is 16.3. The van der Waals surface area contributed by atoms with Crippen molar-refractivity contribution in [2.75, 3.05) is 0 Å². The fraction of sp³-hybridized carbons (Fsp3) is 0.316. The van der Waals surface area contributed by atoms with Crippen LogP contribution in [-0.2, 0) is 5.41 Å². The zero-order valence-electron chi connectivity index (χ0n) is 14.3. The Bertz CT molecular complexity index is 860. The van der Waals surface area contributed by atoms with E-state index in [4.69, 9.17) is 17.3 Å². The molecule has 1 aromatic heterocycles. The Balaban J connectivity index is 2.78. The van der Waals surface area contributed by atoms with E-state index in [1.54, 1.807) is 25.1 Å². The van der Waals surface area contributed by atoms with Crippen molar-refractivity contribution in [2.45, 2.75) is 32.6 Å². The third-order valence-corrected chi connectivity index (χ3v) is 4.24. The molecule has 0 radical (unpaired) electrons. The van der Waals surface area contributed by atoms with E-state index in [2.05, 4.69) is 11.1 Å². The van der Waals surface area contributed by atoms with Crippen molar-refractivity contribution in [3.8, 4) is 17.3 Å². The van der Waals surface area contributed by atoms with Gasteiger partial charge in [0.05, 0.1) is 33.5 Å². The van der Waals surface area contributed by atoms with E-state index < -0.39 is 17.1 Å². The molecule has 2 rings (SSSR count). The Morgan fingerprint density at radius 3 is 2.60 bits per heavy atom. The van der Waals surface area contributed by atoms with Crippen LogP contribution in [0.15, 0.2) is 30.3 Å². The summed E-state index contributed by atoms with van der Waals surface area (Å²) in [5, 5.41) is 9.83. The molecular formula is C19H19ClFN3O. The van der Waals surface area contributed by atoms with Gasteiger partial charge in [-0.3, -0.25) is 4.79 Å². The van der Waals surface area contributed by atoms with E-state index in [1.807, 2.05) is 13.8 Å². The van der Waals surface area contributed by atoms with Crippen LogP contribution in [0.25, 0.3) is 11.3 Å². The number of benzene rings is 1. The Morgan fingerprint density at radius 1 is 1.44 bits per heavy atom. The minimum atomic E-state index is -1.05. The van der Waals surface area contributed by atoms with Gasteiger partial charge in [-0.15, -0.1) is 0 Å². The molecular weight excluding hydrogens is 341 g/mol. The van der Waals surface area contributed by atoms with Crippen LogP contribution in [0.3, 0.4) is 0 Å². The lowest BCUT2D eigenvalue weighted by Crippen LogP contribution is -2.29. The van der Waals surface area contributed by atoms with E-state index in [1.165, 1.54) is 12.1 Å². The van der Waals surface area contributed by atoms with Crippen LogP contribution in [0.4, 0.5) is 4.39 Å². The quantitative estimate of drug-likeness (QED) is 0.855. The predicted molar refractivity (Wildman–Crippen MR) is 95.6 cm³/mol. The number of amides is 1. The summed E-state index contributed by atoms with van der Waals surface area (Å²) in [6.45, 7) is 5.63. The standard InChI is InChI=1S/C19H19ClFN3O/c1-11(2)9-19(3,10-22)17-13(18(23)25)8-14(20)16(24-17)12-6-4-5-7-15(12)21/h4-8,11H,9H2,1-3H3,(H2,23,25). The number of nitrogens with zero attached hydrogens (tertiary/aromatic N) is 2. The largest absolute Gasteiger partial charge is 0.366 e. The molecule has 0 aliphatic carbocycles. The molecule has 25 heavy (non-hydrogen) atoms. The third-order valence-electron chi connectivity index (χ3n) is 3.96. The van der Waals surface area contributed by atoms with Crippen molar-refractivity contribution in [3.05, 3.63) is 52.4 Å². The molecule has 0 bridgehead atoms. The molecule has 1 amide bonds. The molecule has 0 aliphatic rings. The molecule has 0 spiro atoms. The average molecular weight is 360 g/mol. The number of nitrogens with two attached hydrogens (primary N) is 1. The molecule has 0 aliphatic heterocycles. The third kappa shape index (κ3) is 3.80. The van der Waals surface area contributed by atoms with Crippen molar-refractivity contribution >= 4 is 17.5 Å². The van der Waals surface area contributed by atoms with Crippen molar-refractivity contribution in [1.82, 2.24) is 4.98 Å². The first-order valence-corrected chi connectivity index (χ1v) is 8.24. The molecule has 0 fully saturated rings. The summed E-state index contributed by atoms with van der Waals surface area (Å²) in [5.41, 5.74) is 5.10. The van der Waals surface area contributed by atoms with Crippen LogP contribution in [0, 0.1) is 23.1 Å². The molecule has 2 N–H and O–H groups in total. The Kier molecular flexibility index (Phi) is 5.44. The predicted octanol–water partition coefficient (Wildman–Crippen LogP) is 4.47. The lowest BCUT2D eigenvalue weighted by molar-refractivity contribution is 0.0997. The van der Waals surface area contributed by atoms with Crippen molar-refractivity contribution in [1.29, 1.82) is 5.26 Å². The lowest BCUT2D eigenvalue weighted by atomic mass is 9.78. The lowest BCUT2D eigenvalue weighted by Gasteiger charge is -2.26. The molecule has 1 atom stereocenters.